The fraction of sp³-hybridized carbons (Fsp3) is 0.385. The van der Waals surface area contributed by atoms with Gasteiger partial charge in [-0.05, 0) is 37.0 Å². The largest absolute Gasteiger partial charge is 0.478 e. The topological polar surface area (TPSA) is 64.3 Å². The molecule has 0 spiro atoms. The molecular formula is C13H14N2O2. The highest BCUT2D eigenvalue weighted by Gasteiger charge is 2.24. The van der Waals surface area contributed by atoms with E-state index in [2.05, 4.69) is 6.07 Å². The zero-order valence-electron chi connectivity index (χ0n) is 9.68. The molecule has 0 radical (unpaired) electrons. The Kier molecular flexibility index (Phi) is 3.01. The molecule has 1 saturated carbocycles. The number of nitrogens with zero attached hydrogens (tertiary/aromatic N) is 2. The van der Waals surface area contributed by atoms with Crippen LogP contribution in [0.4, 0.5) is 5.69 Å². The smallest absolute Gasteiger partial charge is 0.335 e. The summed E-state index contributed by atoms with van der Waals surface area (Å²) in [4.78, 5) is 12.8. The molecule has 1 N–H and O–H groups in total. The van der Waals surface area contributed by atoms with Crippen molar-refractivity contribution >= 4 is 11.7 Å². The van der Waals surface area contributed by atoms with Crippen LogP contribution < -0.4 is 4.90 Å². The summed E-state index contributed by atoms with van der Waals surface area (Å²) in [6.07, 6.45) is 2.50. The second-order valence-corrected chi connectivity index (χ2v) is 4.47. The minimum absolute atomic E-state index is 0.158. The van der Waals surface area contributed by atoms with Crippen molar-refractivity contribution in [2.45, 2.75) is 12.8 Å². The summed E-state index contributed by atoms with van der Waals surface area (Å²) in [6, 6.07) is 6.75. The Morgan fingerprint density at radius 1 is 1.59 bits per heavy atom. The third kappa shape index (κ3) is 2.56. The van der Waals surface area contributed by atoms with Crippen LogP contribution in [-0.4, -0.2) is 24.7 Å². The Bertz CT molecular complexity index is 487. The van der Waals surface area contributed by atoms with Crippen molar-refractivity contribution in [3.05, 3.63) is 29.3 Å². The van der Waals surface area contributed by atoms with Crippen LogP contribution in [0.2, 0.25) is 0 Å². The second kappa shape index (κ2) is 4.46. The van der Waals surface area contributed by atoms with E-state index in [0.717, 1.165) is 18.2 Å². The lowest BCUT2D eigenvalue weighted by Gasteiger charge is -2.20. The lowest BCUT2D eigenvalue weighted by Crippen LogP contribution is -2.21. The van der Waals surface area contributed by atoms with Gasteiger partial charge in [0.1, 0.15) is 6.07 Å². The Hall–Kier alpha value is -2.02. The van der Waals surface area contributed by atoms with E-state index < -0.39 is 5.97 Å². The van der Waals surface area contributed by atoms with E-state index in [-0.39, 0.29) is 5.56 Å². The Balaban J connectivity index is 2.26. The molecule has 0 aromatic heterocycles. The summed E-state index contributed by atoms with van der Waals surface area (Å²) in [5.74, 6) is -0.274. The zero-order chi connectivity index (χ0) is 12.4. The van der Waals surface area contributed by atoms with E-state index in [1.165, 1.54) is 18.9 Å². The van der Waals surface area contributed by atoms with Gasteiger partial charge in [0, 0.05) is 13.6 Å². The van der Waals surface area contributed by atoms with E-state index in [1.807, 2.05) is 11.9 Å². The Morgan fingerprint density at radius 3 is 2.82 bits per heavy atom. The highest BCUT2D eigenvalue weighted by Crippen LogP contribution is 2.31. The lowest BCUT2D eigenvalue weighted by molar-refractivity contribution is 0.0697. The molecular weight excluding hydrogens is 216 g/mol. The van der Waals surface area contributed by atoms with Crippen LogP contribution in [0, 0.1) is 17.2 Å². The van der Waals surface area contributed by atoms with Crippen molar-refractivity contribution in [2.24, 2.45) is 5.92 Å². The van der Waals surface area contributed by atoms with Gasteiger partial charge in [-0.1, -0.05) is 0 Å². The maximum absolute atomic E-state index is 10.8. The second-order valence-electron chi connectivity index (χ2n) is 4.47. The zero-order valence-corrected chi connectivity index (χ0v) is 9.68. The number of carbonyl (C=O) groups is 1. The summed E-state index contributed by atoms with van der Waals surface area (Å²) < 4.78 is 0. The number of aromatic carboxylic acids is 1. The van der Waals surface area contributed by atoms with Gasteiger partial charge in [-0.2, -0.15) is 5.26 Å². The molecule has 4 heteroatoms. The molecule has 0 atom stereocenters. The number of hydrogen-bond acceptors (Lipinski definition) is 3. The van der Waals surface area contributed by atoms with Gasteiger partial charge in [0.25, 0.3) is 0 Å². The molecule has 1 fully saturated rings. The van der Waals surface area contributed by atoms with E-state index in [1.54, 1.807) is 12.1 Å². The van der Waals surface area contributed by atoms with Crippen LogP contribution in [-0.2, 0) is 0 Å². The molecule has 1 aliphatic rings. The molecule has 17 heavy (non-hydrogen) atoms. The van der Waals surface area contributed by atoms with Crippen LogP contribution in [0.5, 0.6) is 0 Å². The van der Waals surface area contributed by atoms with Gasteiger partial charge >= 0.3 is 5.97 Å². The standard InChI is InChI=1S/C13H14N2O2/c1-15(8-9-2-3-9)12-5-4-10(13(16)17)6-11(12)7-14/h4-6,9H,2-3,8H2,1H3,(H,16,17). The highest BCUT2D eigenvalue weighted by atomic mass is 16.4. The molecule has 1 aromatic rings. The van der Waals surface area contributed by atoms with Crippen molar-refractivity contribution in [2.75, 3.05) is 18.5 Å². The van der Waals surface area contributed by atoms with Crippen molar-refractivity contribution in [3.8, 4) is 6.07 Å². The van der Waals surface area contributed by atoms with Gasteiger partial charge in [0.15, 0.2) is 0 Å². The van der Waals surface area contributed by atoms with E-state index in [0.29, 0.717) is 5.56 Å². The van der Waals surface area contributed by atoms with Crippen LogP contribution in [0.1, 0.15) is 28.8 Å². The number of hydrogen-bond donors (Lipinski definition) is 1. The summed E-state index contributed by atoms with van der Waals surface area (Å²) in [6.45, 7) is 0.932. The molecule has 1 aliphatic carbocycles. The lowest BCUT2D eigenvalue weighted by atomic mass is 10.1. The van der Waals surface area contributed by atoms with E-state index in [4.69, 9.17) is 10.4 Å². The SMILES string of the molecule is CN(CC1CC1)c1ccc(C(=O)O)cc1C#N. The quantitative estimate of drug-likeness (QED) is 0.860. The minimum atomic E-state index is -1.00. The first-order valence-corrected chi connectivity index (χ1v) is 5.60. The molecule has 2 rings (SSSR count). The van der Waals surface area contributed by atoms with Gasteiger partial charge in [-0.15, -0.1) is 0 Å². The maximum atomic E-state index is 10.8. The van der Waals surface area contributed by atoms with Gasteiger partial charge in [0.2, 0.25) is 0 Å². The Labute approximate surface area is 100 Å². The molecule has 0 unspecified atom stereocenters. The normalized spacial score (nSPS) is 14.1. The molecule has 1 aromatic carbocycles. The van der Waals surface area contributed by atoms with Gasteiger partial charge in [-0.3, -0.25) is 0 Å². The Morgan fingerprint density at radius 2 is 2.29 bits per heavy atom. The van der Waals surface area contributed by atoms with Crippen LogP contribution in [0.25, 0.3) is 0 Å². The van der Waals surface area contributed by atoms with Crippen molar-refractivity contribution < 1.29 is 9.90 Å². The summed E-state index contributed by atoms with van der Waals surface area (Å²) in [5, 5.41) is 17.9. The average molecular weight is 230 g/mol. The molecule has 88 valence electrons. The predicted octanol–water partition coefficient (Wildman–Crippen LogP) is 2.10. The maximum Gasteiger partial charge on any atom is 0.335 e. The van der Waals surface area contributed by atoms with Crippen molar-refractivity contribution in [1.82, 2.24) is 0 Å². The predicted molar refractivity (Wildman–Crippen MR) is 64.1 cm³/mol. The van der Waals surface area contributed by atoms with Crippen LogP contribution in [0.15, 0.2) is 18.2 Å². The average Bonchev–Trinajstić information content (AvgIpc) is 3.11. The number of nitriles is 1. The molecule has 0 amide bonds. The summed E-state index contributed by atoms with van der Waals surface area (Å²) in [5.41, 5.74) is 1.39. The first kappa shape index (κ1) is 11.5. The fourth-order valence-electron chi connectivity index (χ4n) is 1.88. The van der Waals surface area contributed by atoms with Crippen molar-refractivity contribution in [1.29, 1.82) is 5.26 Å². The van der Waals surface area contributed by atoms with E-state index >= 15 is 0 Å². The number of carboxylic acid groups (broad SMARTS) is 1. The molecule has 0 bridgehead atoms. The monoisotopic (exact) mass is 230 g/mol. The van der Waals surface area contributed by atoms with Gasteiger partial charge in [0.05, 0.1) is 16.8 Å². The van der Waals surface area contributed by atoms with Gasteiger partial charge < -0.3 is 10.0 Å². The van der Waals surface area contributed by atoms with Crippen LogP contribution in [0.3, 0.4) is 0 Å². The summed E-state index contributed by atoms with van der Waals surface area (Å²) in [7, 11) is 1.94. The minimum Gasteiger partial charge on any atom is -0.478 e. The van der Waals surface area contributed by atoms with Crippen LogP contribution >= 0.6 is 0 Å². The number of anilines is 1. The first-order chi connectivity index (χ1) is 8.11. The molecule has 4 nitrogen and oxygen atoms in total. The molecule has 0 aliphatic heterocycles. The summed E-state index contributed by atoms with van der Waals surface area (Å²) >= 11 is 0. The molecule has 0 heterocycles. The van der Waals surface area contributed by atoms with Gasteiger partial charge in [-0.25, -0.2) is 4.79 Å². The highest BCUT2D eigenvalue weighted by molar-refractivity contribution is 5.89. The molecule has 0 saturated heterocycles. The number of rotatable bonds is 4. The third-order valence-electron chi connectivity index (χ3n) is 3.00. The first-order valence-electron chi connectivity index (χ1n) is 5.60. The number of benzene rings is 1. The fourth-order valence-corrected chi connectivity index (χ4v) is 1.88. The number of carboxylic acids is 1. The van der Waals surface area contributed by atoms with E-state index in [9.17, 15) is 4.79 Å². The third-order valence-corrected chi connectivity index (χ3v) is 3.00. The van der Waals surface area contributed by atoms with Crippen molar-refractivity contribution in [3.63, 3.8) is 0 Å².